The van der Waals surface area contributed by atoms with Crippen molar-refractivity contribution in [2.45, 2.75) is 6.92 Å². The van der Waals surface area contributed by atoms with E-state index in [1.54, 1.807) is 17.8 Å². The maximum Gasteiger partial charge on any atom is 0.297 e. The van der Waals surface area contributed by atoms with Crippen LogP contribution in [-0.4, -0.2) is 46.8 Å². The molecule has 4 nitrogen and oxygen atoms in total. The van der Waals surface area contributed by atoms with Gasteiger partial charge in [-0.05, 0) is 31.3 Å². The molecule has 0 saturated carbocycles. The fourth-order valence-electron chi connectivity index (χ4n) is 1.62. The molecule has 6 heteroatoms. The van der Waals surface area contributed by atoms with E-state index in [9.17, 15) is 4.79 Å². The smallest absolute Gasteiger partial charge is 0.297 e. The summed E-state index contributed by atoms with van der Waals surface area (Å²) in [6.45, 7) is 3.45. The van der Waals surface area contributed by atoms with Crippen molar-refractivity contribution in [3.8, 4) is 0 Å². The molecule has 0 aromatic carbocycles. The molecule has 0 aliphatic carbocycles. The number of ether oxygens (including phenoxy) is 1. The first-order valence-electron chi connectivity index (χ1n) is 5.43. The molecule has 0 atom stereocenters. The minimum Gasteiger partial charge on any atom is -0.426 e. The van der Waals surface area contributed by atoms with Crippen LogP contribution in [0.15, 0.2) is 22.9 Å². The maximum absolute atomic E-state index is 11.8. The van der Waals surface area contributed by atoms with E-state index in [1.165, 1.54) is 4.90 Å². The van der Waals surface area contributed by atoms with Crippen LogP contribution in [0.3, 0.4) is 0 Å². The van der Waals surface area contributed by atoms with Gasteiger partial charge in [0.2, 0.25) is 0 Å². The molecule has 2 rings (SSSR count). The van der Waals surface area contributed by atoms with Gasteiger partial charge in [-0.25, -0.2) is 0 Å². The summed E-state index contributed by atoms with van der Waals surface area (Å²) in [7, 11) is 2.03. The van der Waals surface area contributed by atoms with E-state index < -0.39 is 0 Å². The van der Waals surface area contributed by atoms with Crippen LogP contribution in [0.25, 0.3) is 0 Å². The van der Waals surface area contributed by atoms with Gasteiger partial charge in [0, 0.05) is 25.9 Å². The summed E-state index contributed by atoms with van der Waals surface area (Å²) in [5.41, 5.74) is 0. The van der Waals surface area contributed by atoms with Crippen LogP contribution in [0.2, 0.25) is 0 Å². The van der Waals surface area contributed by atoms with Crippen LogP contribution in [0.4, 0.5) is 0 Å². The highest BCUT2D eigenvalue weighted by Crippen LogP contribution is 2.26. The van der Waals surface area contributed by atoms with Gasteiger partial charge < -0.3 is 9.64 Å². The Morgan fingerprint density at radius 3 is 2.82 bits per heavy atom. The van der Waals surface area contributed by atoms with Gasteiger partial charge in [-0.3, -0.25) is 9.69 Å². The molecule has 2 fully saturated rings. The summed E-state index contributed by atoms with van der Waals surface area (Å²) in [4.78, 5) is 15.4. The van der Waals surface area contributed by atoms with Crippen molar-refractivity contribution < 1.29 is 9.53 Å². The SMILES string of the molecule is CCN1C(=O)/C(=C/C=C2\SCCN2C)OC1=S. The lowest BCUT2D eigenvalue weighted by atomic mass is 10.4. The topological polar surface area (TPSA) is 32.8 Å². The Hall–Kier alpha value is -1.01. The minimum atomic E-state index is -0.153. The van der Waals surface area contributed by atoms with Crippen molar-refractivity contribution in [3.05, 3.63) is 22.9 Å². The summed E-state index contributed by atoms with van der Waals surface area (Å²) in [6.07, 6.45) is 3.61. The molecule has 2 aliphatic rings. The lowest BCUT2D eigenvalue weighted by Crippen LogP contribution is -2.27. The predicted octanol–water partition coefficient (Wildman–Crippen LogP) is 1.55. The zero-order valence-electron chi connectivity index (χ0n) is 9.80. The van der Waals surface area contributed by atoms with E-state index in [0.29, 0.717) is 12.3 Å². The fraction of sp³-hybridized carbons (Fsp3) is 0.455. The highest BCUT2D eigenvalue weighted by molar-refractivity contribution is 8.03. The van der Waals surface area contributed by atoms with E-state index in [1.807, 2.05) is 20.0 Å². The van der Waals surface area contributed by atoms with E-state index in [-0.39, 0.29) is 11.1 Å². The molecule has 0 radical (unpaired) electrons. The first-order valence-corrected chi connectivity index (χ1v) is 6.82. The number of carbonyl (C=O) groups is 1. The quantitative estimate of drug-likeness (QED) is 0.561. The molecule has 2 aliphatic heterocycles. The van der Waals surface area contributed by atoms with Crippen LogP contribution in [-0.2, 0) is 9.53 Å². The van der Waals surface area contributed by atoms with E-state index in [4.69, 9.17) is 17.0 Å². The predicted molar refractivity (Wildman–Crippen MR) is 72.3 cm³/mol. The molecule has 0 aromatic rings. The summed E-state index contributed by atoms with van der Waals surface area (Å²) < 4.78 is 5.27. The van der Waals surface area contributed by atoms with Crippen LogP contribution in [0, 0.1) is 0 Å². The number of allylic oxidation sites excluding steroid dienone is 2. The first-order chi connectivity index (χ1) is 8.13. The Labute approximate surface area is 110 Å². The molecule has 0 bridgehead atoms. The molecule has 0 N–H and O–H groups in total. The number of likely N-dealkylation sites (N-methyl/N-ethyl adjacent to an activating group) is 1. The third-order valence-corrected chi connectivity index (χ3v) is 4.05. The largest absolute Gasteiger partial charge is 0.426 e. The van der Waals surface area contributed by atoms with Crippen molar-refractivity contribution in [1.82, 2.24) is 9.80 Å². The van der Waals surface area contributed by atoms with Gasteiger partial charge in [-0.2, -0.15) is 0 Å². The van der Waals surface area contributed by atoms with Crippen LogP contribution in [0.1, 0.15) is 6.92 Å². The average molecular weight is 270 g/mol. The number of amides is 1. The lowest BCUT2D eigenvalue weighted by molar-refractivity contribution is -0.122. The first kappa shape index (κ1) is 12.4. The number of hydrogen-bond acceptors (Lipinski definition) is 5. The Bertz CT molecular complexity index is 418. The minimum absolute atomic E-state index is 0.153. The van der Waals surface area contributed by atoms with Crippen molar-refractivity contribution in [2.75, 3.05) is 25.9 Å². The second kappa shape index (κ2) is 5.10. The number of nitrogens with zero attached hydrogens (tertiary/aromatic N) is 2. The molecular formula is C11H14N2O2S2. The van der Waals surface area contributed by atoms with Crippen molar-refractivity contribution in [2.24, 2.45) is 0 Å². The normalized spacial score (nSPS) is 25.3. The Morgan fingerprint density at radius 1 is 1.53 bits per heavy atom. The van der Waals surface area contributed by atoms with Crippen LogP contribution in [0.5, 0.6) is 0 Å². The van der Waals surface area contributed by atoms with Gasteiger partial charge in [0.25, 0.3) is 11.1 Å². The van der Waals surface area contributed by atoms with Gasteiger partial charge in [0.1, 0.15) is 0 Å². The Kier molecular flexibility index (Phi) is 3.73. The zero-order valence-corrected chi connectivity index (χ0v) is 11.4. The molecule has 1 amide bonds. The Balaban J connectivity index is 2.13. The summed E-state index contributed by atoms with van der Waals surface area (Å²) in [5, 5.41) is 1.39. The maximum atomic E-state index is 11.8. The van der Waals surface area contributed by atoms with Gasteiger partial charge in [-0.15, -0.1) is 11.8 Å². The second-order valence-electron chi connectivity index (χ2n) is 3.72. The summed E-state index contributed by atoms with van der Waals surface area (Å²) >= 11 is 6.74. The number of thiocarbonyl (C=S) groups is 1. The molecule has 0 spiro atoms. The summed E-state index contributed by atoms with van der Waals surface area (Å²) in [6, 6.07) is 0. The molecule has 0 unspecified atom stereocenters. The van der Waals surface area contributed by atoms with Crippen molar-refractivity contribution >= 4 is 35.1 Å². The zero-order chi connectivity index (χ0) is 12.4. The molecular weight excluding hydrogens is 256 g/mol. The van der Waals surface area contributed by atoms with Crippen molar-refractivity contribution in [1.29, 1.82) is 0 Å². The molecule has 92 valence electrons. The third-order valence-electron chi connectivity index (χ3n) is 2.62. The van der Waals surface area contributed by atoms with Crippen LogP contribution >= 0.6 is 24.0 Å². The monoisotopic (exact) mass is 270 g/mol. The van der Waals surface area contributed by atoms with E-state index in [2.05, 4.69) is 4.90 Å². The van der Waals surface area contributed by atoms with Gasteiger partial charge in [-0.1, -0.05) is 0 Å². The standard InChI is InChI=1S/C11H14N2O2S2/c1-3-13-10(14)8(15-11(13)16)4-5-9-12(2)6-7-17-9/h4-5H,3,6-7H2,1-2H3/b8-4-,9-5-. The summed E-state index contributed by atoms with van der Waals surface area (Å²) in [5.74, 6) is 1.24. The number of carbonyl (C=O) groups excluding carboxylic acids is 1. The lowest BCUT2D eigenvalue weighted by Gasteiger charge is -2.09. The second-order valence-corrected chi connectivity index (χ2v) is 5.19. The molecule has 2 saturated heterocycles. The van der Waals surface area contributed by atoms with Crippen molar-refractivity contribution in [3.63, 3.8) is 0 Å². The Morgan fingerprint density at radius 2 is 2.29 bits per heavy atom. The van der Waals surface area contributed by atoms with E-state index >= 15 is 0 Å². The highest BCUT2D eigenvalue weighted by atomic mass is 32.2. The van der Waals surface area contributed by atoms with Crippen LogP contribution < -0.4 is 0 Å². The number of rotatable bonds is 2. The molecule has 0 aromatic heterocycles. The average Bonchev–Trinajstić information content (AvgIpc) is 2.81. The van der Waals surface area contributed by atoms with Gasteiger partial charge >= 0.3 is 0 Å². The molecule has 2 heterocycles. The number of hydrogen-bond donors (Lipinski definition) is 0. The van der Waals surface area contributed by atoms with Gasteiger partial charge in [0.15, 0.2) is 5.76 Å². The fourth-order valence-corrected chi connectivity index (χ4v) is 2.97. The third kappa shape index (κ3) is 2.47. The number of thioether (sulfide) groups is 1. The highest BCUT2D eigenvalue weighted by Gasteiger charge is 2.31. The van der Waals surface area contributed by atoms with Gasteiger partial charge in [0.05, 0.1) is 5.03 Å². The van der Waals surface area contributed by atoms with E-state index in [0.717, 1.165) is 17.3 Å². The molecule has 17 heavy (non-hydrogen) atoms.